The number of ether oxygens (including phenoxy) is 1. The van der Waals surface area contributed by atoms with Crippen LogP contribution in [0.4, 0.5) is 4.39 Å². The Labute approximate surface area is 124 Å². The predicted molar refractivity (Wildman–Crippen MR) is 80.3 cm³/mol. The maximum absolute atomic E-state index is 13.2. The van der Waals surface area contributed by atoms with Crippen LogP contribution in [0.2, 0.25) is 0 Å². The van der Waals surface area contributed by atoms with Gasteiger partial charge in [0.15, 0.2) is 0 Å². The summed E-state index contributed by atoms with van der Waals surface area (Å²) in [5.41, 5.74) is 6.69. The number of hydrogen-bond acceptors (Lipinski definition) is 3. The van der Waals surface area contributed by atoms with Gasteiger partial charge >= 0.3 is 0 Å². The van der Waals surface area contributed by atoms with Crippen molar-refractivity contribution in [2.75, 3.05) is 6.26 Å². The first-order valence-electron chi connectivity index (χ1n) is 5.64. The molecule has 2 nitrogen and oxygen atoms in total. The van der Waals surface area contributed by atoms with E-state index in [9.17, 15) is 4.39 Å². The molecule has 0 aliphatic heterocycles. The minimum absolute atomic E-state index is 0.339. The molecule has 0 aliphatic carbocycles. The molecule has 2 aromatic carbocycles. The molecular weight excluding hydrogens is 329 g/mol. The third-order valence-corrected chi connectivity index (χ3v) is 4.10. The molecule has 2 rings (SSSR count). The van der Waals surface area contributed by atoms with Crippen molar-refractivity contribution in [3.05, 3.63) is 52.3 Å². The third kappa shape index (κ3) is 3.29. The van der Waals surface area contributed by atoms with Gasteiger partial charge in [0.1, 0.15) is 17.3 Å². The van der Waals surface area contributed by atoms with E-state index in [0.717, 1.165) is 10.5 Å². The lowest BCUT2D eigenvalue weighted by atomic mass is 10.2. The van der Waals surface area contributed by atoms with Crippen molar-refractivity contribution >= 4 is 27.7 Å². The normalized spacial score (nSPS) is 10.5. The fraction of sp³-hybridized carbons (Fsp3) is 0.143. The highest BCUT2D eigenvalue weighted by molar-refractivity contribution is 9.10. The zero-order valence-corrected chi connectivity index (χ0v) is 12.7. The number of hydrogen-bond donors (Lipinski definition) is 1. The van der Waals surface area contributed by atoms with Crippen LogP contribution in [0, 0.1) is 5.82 Å². The van der Waals surface area contributed by atoms with Crippen molar-refractivity contribution in [2.45, 2.75) is 11.4 Å². The van der Waals surface area contributed by atoms with Crippen LogP contribution in [0.1, 0.15) is 5.56 Å². The summed E-state index contributed by atoms with van der Waals surface area (Å²) >= 11 is 4.95. The molecule has 0 amide bonds. The Bertz CT molecular complexity index is 592. The molecule has 2 aromatic rings. The Morgan fingerprint density at radius 1 is 1.26 bits per heavy atom. The Morgan fingerprint density at radius 3 is 2.74 bits per heavy atom. The molecule has 0 unspecified atom stereocenters. The fourth-order valence-corrected chi connectivity index (χ4v) is 2.68. The smallest absolute Gasteiger partial charge is 0.144 e. The molecule has 0 fully saturated rings. The first-order valence-corrected chi connectivity index (χ1v) is 7.66. The molecular formula is C14H13BrFNOS. The second-order valence-electron chi connectivity index (χ2n) is 3.82. The number of benzene rings is 2. The summed E-state index contributed by atoms with van der Waals surface area (Å²) < 4.78 is 19.7. The van der Waals surface area contributed by atoms with E-state index in [2.05, 4.69) is 15.9 Å². The van der Waals surface area contributed by atoms with Crippen molar-refractivity contribution in [1.29, 1.82) is 0 Å². The van der Waals surface area contributed by atoms with Crippen molar-refractivity contribution in [1.82, 2.24) is 0 Å². The summed E-state index contributed by atoms with van der Waals surface area (Å²) in [6.07, 6.45) is 1.98. The average Bonchev–Trinajstić information content (AvgIpc) is 2.42. The lowest BCUT2D eigenvalue weighted by Gasteiger charge is -2.14. The van der Waals surface area contributed by atoms with E-state index < -0.39 is 0 Å². The Kier molecular flexibility index (Phi) is 4.85. The van der Waals surface area contributed by atoms with Gasteiger partial charge < -0.3 is 10.5 Å². The first kappa shape index (κ1) is 14.4. The quantitative estimate of drug-likeness (QED) is 0.828. The van der Waals surface area contributed by atoms with Crippen molar-refractivity contribution in [2.24, 2.45) is 5.73 Å². The SMILES string of the molecule is CSc1cccc(Oc2cc(F)ccc2Br)c1CN. The van der Waals surface area contributed by atoms with Crippen LogP contribution in [-0.2, 0) is 6.54 Å². The van der Waals surface area contributed by atoms with Gasteiger partial charge in [-0.1, -0.05) is 6.07 Å². The summed E-state index contributed by atoms with van der Waals surface area (Å²) in [5, 5.41) is 0. The van der Waals surface area contributed by atoms with Gasteiger partial charge in [-0.3, -0.25) is 0 Å². The molecule has 5 heteroatoms. The number of rotatable bonds is 4. The molecule has 19 heavy (non-hydrogen) atoms. The maximum Gasteiger partial charge on any atom is 0.144 e. The average molecular weight is 342 g/mol. The van der Waals surface area contributed by atoms with Crippen LogP contribution >= 0.6 is 27.7 Å². The zero-order chi connectivity index (χ0) is 13.8. The second kappa shape index (κ2) is 6.41. The summed E-state index contributed by atoms with van der Waals surface area (Å²) in [6.45, 7) is 0.374. The Hall–Kier alpha value is -1.04. The summed E-state index contributed by atoms with van der Waals surface area (Å²) in [4.78, 5) is 1.06. The van der Waals surface area contributed by atoms with E-state index in [1.807, 2.05) is 24.5 Å². The lowest BCUT2D eigenvalue weighted by Crippen LogP contribution is -2.01. The molecule has 0 radical (unpaired) electrons. The number of nitrogens with two attached hydrogens (primary N) is 1. The van der Waals surface area contributed by atoms with Gasteiger partial charge in [-0.25, -0.2) is 4.39 Å². The summed E-state index contributed by atoms with van der Waals surface area (Å²) in [7, 11) is 0. The molecule has 0 saturated carbocycles. The highest BCUT2D eigenvalue weighted by Crippen LogP contribution is 2.35. The van der Waals surface area contributed by atoms with Crippen LogP contribution in [0.25, 0.3) is 0 Å². The topological polar surface area (TPSA) is 35.2 Å². The molecule has 0 heterocycles. The van der Waals surface area contributed by atoms with Gasteiger partial charge in [0.05, 0.1) is 4.47 Å². The monoisotopic (exact) mass is 341 g/mol. The van der Waals surface area contributed by atoms with Crippen LogP contribution in [0.3, 0.4) is 0 Å². The second-order valence-corrected chi connectivity index (χ2v) is 5.52. The summed E-state index contributed by atoms with van der Waals surface area (Å²) in [6, 6.07) is 10.0. The van der Waals surface area contributed by atoms with Gasteiger partial charge in [0, 0.05) is 23.1 Å². The standard InChI is InChI=1S/C14H13BrFNOS/c1-19-14-4-2-3-12(10(14)8-17)18-13-7-9(16)5-6-11(13)15/h2-7H,8,17H2,1H3. The van der Waals surface area contributed by atoms with Gasteiger partial charge in [-0.05, 0) is 46.5 Å². The Balaban J connectivity index is 2.40. The van der Waals surface area contributed by atoms with Gasteiger partial charge in [-0.15, -0.1) is 11.8 Å². The third-order valence-electron chi connectivity index (χ3n) is 2.63. The highest BCUT2D eigenvalue weighted by atomic mass is 79.9. The molecule has 0 spiro atoms. The van der Waals surface area contributed by atoms with E-state index in [0.29, 0.717) is 22.5 Å². The van der Waals surface area contributed by atoms with Crippen molar-refractivity contribution in [3.63, 3.8) is 0 Å². The van der Waals surface area contributed by atoms with E-state index in [4.69, 9.17) is 10.5 Å². The lowest BCUT2D eigenvalue weighted by molar-refractivity contribution is 0.466. The van der Waals surface area contributed by atoms with Crippen molar-refractivity contribution in [3.8, 4) is 11.5 Å². The molecule has 0 atom stereocenters. The fourth-order valence-electron chi connectivity index (χ4n) is 1.71. The largest absolute Gasteiger partial charge is 0.456 e. The van der Waals surface area contributed by atoms with Crippen LogP contribution < -0.4 is 10.5 Å². The zero-order valence-electron chi connectivity index (χ0n) is 10.3. The summed E-state index contributed by atoms with van der Waals surface area (Å²) in [5.74, 6) is 0.752. The molecule has 0 aromatic heterocycles. The number of halogens is 2. The number of thioether (sulfide) groups is 1. The van der Waals surface area contributed by atoms with Gasteiger partial charge in [0.2, 0.25) is 0 Å². The van der Waals surface area contributed by atoms with Crippen LogP contribution in [0.5, 0.6) is 11.5 Å². The minimum atomic E-state index is -0.339. The van der Waals surface area contributed by atoms with E-state index >= 15 is 0 Å². The van der Waals surface area contributed by atoms with E-state index in [1.54, 1.807) is 17.8 Å². The molecule has 0 saturated heterocycles. The van der Waals surface area contributed by atoms with Gasteiger partial charge in [0.25, 0.3) is 0 Å². The molecule has 0 bridgehead atoms. The first-order chi connectivity index (χ1) is 9.15. The van der Waals surface area contributed by atoms with E-state index in [-0.39, 0.29) is 5.82 Å². The maximum atomic E-state index is 13.2. The molecule has 0 aliphatic rings. The highest BCUT2D eigenvalue weighted by Gasteiger charge is 2.10. The molecule has 2 N–H and O–H groups in total. The van der Waals surface area contributed by atoms with Crippen LogP contribution in [0.15, 0.2) is 45.8 Å². The van der Waals surface area contributed by atoms with Gasteiger partial charge in [-0.2, -0.15) is 0 Å². The minimum Gasteiger partial charge on any atom is -0.456 e. The van der Waals surface area contributed by atoms with Crippen molar-refractivity contribution < 1.29 is 9.13 Å². The Morgan fingerprint density at radius 2 is 2.05 bits per heavy atom. The predicted octanol–water partition coefficient (Wildman–Crippen LogP) is 4.56. The molecule has 100 valence electrons. The van der Waals surface area contributed by atoms with Crippen LogP contribution in [-0.4, -0.2) is 6.26 Å². The van der Waals surface area contributed by atoms with E-state index in [1.165, 1.54) is 12.1 Å².